The van der Waals surface area contributed by atoms with Crippen molar-refractivity contribution in [2.45, 2.75) is 19.1 Å². The molecule has 138 valence electrons. The molecule has 0 fully saturated rings. The average molecular weight is 370 g/mol. The van der Waals surface area contributed by atoms with E-state index in [1.54, 1.807) is 0 Å². The highest BCUT2D eigenvalue weighted by molar-refractivity contribution is 5.71. The fourth-order valence-electron chi connectivity index (χ4n) is 2.38. The Labute approximate surface area is 142 Å². The minimum atomic E-state index is -4.47. The first-order valence-electron chi connectivity index (χ1n) is 7.48. The summed E-state index contributed by atoms with van der Waals surface area (Å²) in [6, 6.07) is 3.84. The van der Waals surface area contributed by atoms with E-state index < -0.39 is 23.0 Å². The molecular formula is C15H13F3N4O4. The second kappa shape index (κ2) is 6.67. The normalized spacial score (nSPS) is 11.8. The van der Waals surface area contributed by atoms with E-state index in [9.17, 15) is 22.8 Å². The lowest BCUT2D eigenvalue weighted by Crippen LogP contribution is -2.23. The molecule has 8 nitrogen and oxygen atoms in total. The van der Waals surface area contributed by atoms with Crippen molar-refractivity contribution in [2.75, 3.05) is 6.61 Å². The number of nitrogens with zero attached hydrogens (tertiary/aromatic N) is 2. The summed E-state index contributed by atoms with van der Waals surface area (Å²) in [5, 5.41) is 9.01. The Balaban J connectivity index is 2.02. The van der Waals surface area contributed by atoms with E-state index in [2.05, 4.69) is 15.0 Å². The predicted octanol–water partition coefficient (Wildman–Crippen LogP) is 1.61. The van der Waals surface area contributed by atoms with Crippen molar-refractivity contribution in [1.29, 1.82) is 0 Å². The van der Waals surface area contributed by atoms with Crippen molar-refractivity contribution in [3.8, 4) is 11.8 Å². The monoisotopic (exact) mass is 370 g/mol. The van der Waals surface area contributed by atoms with Gasteiger partial charge in [-0.15, -0.1) is 0 Å². The number of hydrogen-bond acceptors (Lipinski definition) is 5. The summed E-state index contributed by atoms with van der Waals surface area (Å²) in [5.41, 5.74) is -2.29. The van der Waals surface area contributed by atoms with Gasteiger partial charge in [0.2, 0.25) is 0 Å². The molecule has 11 heteroatoms. The lowest BCUT2D eigenvalue weighted by Gasteiger charge is -2.10. The number of nitrogens with one attached hydrogen (secondary N) is 2. The molecular weight excluding hydrogens is 357 g/mol. The standard InChI is InChI=1S/C15H13F3N4O4/c16-15(17,18)8-2-4-9(5-3-8)26-14-20-11-10(22(14)6-1-7-23)12(24)21-13(25)19-11/h2-5,23H,1,6-7H2,(H2,19,21,24,25). The number of aryl methyl sites for hydroxylation is 1. The Morgan fingerprint density at radius 2 is 1.85 bits per heavy atom. The maximum Gasteiger partial charge on any atom is 0.416 e. The number of H-pyrrole nitrogens is 2. The predicted molar refractivity (Wildman–Crippen MR) is 84.2 cm³/mol. The van der Waals surface area contributed by atoms with E-state index in [1.165, 1.54) is 4.57 Å². The molecule has 2 heterocycles. The molecule has 3 N–H and O–H groups in total. The summed E-state index contributed by atoms with van der Waals surface area (Å²) in [6.07, 6.45) is -4.20. The van der Waals surface area contributed by atoms with Crippen LogP contribution in [0.5, 0.6) is 11.8 Å². The second-order valence-corrected chi connectivity index (χ2v) is 5.35. The van der Waals surface area contributed by atoms with E-state index in [4.69, 9.17) is 9.84 Å². The molecule has 3 aromatic rings. The molecule has 0 bridgehead atoms. The van der Waals surface area contributed by atoms with E-state index in [-0.39, 0.29) is 42.5 Å². The summed E-state index contributed by atoms with van der Waals surface area (Å²) in [4.78, 5) is 31.8. The molecule has 0 amide bonds. The largest absolute Gasteiger partial charge is 0.425 e. The molecule has 0 aliphatic heterocycles. The summed E-state index contributed by atoms with van der Waals surface area (Å²) in [6.45, 7) is -0.0151. The third kappa shape index (κ3) is 3.47. The van der Waals surface area contributed by atoms with E-state index in [0.717, 1.165) is 24.3 Å². The molecule has 3 rings (SSSR count). The number of fused-ring (bicyclic) bond motifs is 1. The van der Waals surface area contributed by atoms with Gasteiger partial charge in [-0.25, -0.2) is 4.79 Å². The minimum Gasteiger partial charge on any atom is -0.425 e. The SMILES string of the molecule is O=c1[nH]c(=O)c2c(nc(Oc3ccc(C(F)(F)F)cc3)n2CCCO)[nH]1. The third-order valence-electron chi connectivity index (χ3n) is 3.54. The first-order chi connectivity index (χ1) is 12.3. The number of imidazole rings is 1. The van der Waals surface area contributed by atoms with Crippen molar-refractivity contribution in [3.05, 3.63) is 50.7 Å². The number of aliphatic hydroxyl groups excluding tert-OH is 1. The Morgan fingerprint density at radius 1 is 1.15 bits per heavy atom. The molecule has 0 aliphatic carbocycles. The number of alkyl halides is 3. The van der Waals surface area contributed by atoms with Gasteiger partial charge in [0.05, 0.1) is 5.56 Å². The molecule has 0 saturated carbocycles. The van der Waals surface area contributed by atoms with Crippen LogP contribution in [0, 0.1) is 0 Å². The van der Waals surface area contributed by atoms with Crippen molar-refractivity contribution in [2.24, 2.45) is 0 Å². The average Bonchev–Trinajstić information content (AvgIpc) is 2.89. The molecule has 26 heavy (non-hydrogen) atoms. The number of ether oxygens (including phenoxy) is 1. The van der Waals surface area contributed by atoms with Gasteiger partial charge < -0.3 is 9.84 Å². The summed E-state index contributed by atoms with van der Waals surface area (Å²) >= 11 is 0. The lowest BCUT2D eigenvalue weighted by molar-refractivity contribution is -0.137. The maximum atomic E-state index is 12.6. The topological polar surface area (TPSA) is 113 Å². The fourth-order valence-corrected chi connectivity index (χ4v) is 2.38. The van der Waals surface area contributed by atoms with Crippen LogP contribution >= 0.6 is 0 Å². The van der Waals surface area contributed by atoms with Crippen LogP contribution in [0.1, 0.15) is 12.0 Å². The zero-order valence-electron chi connectivity index (χ0n) is 13.1. The molecule has 0 spiro atoms. The summed E-state index contributed by atoms with van der Waals surface area (Å²) in [5.74, 6) is 0.0670. The number of aromatic nitrogens is 4. The van der Waals surface area contributed by atoms with Gasteiger partial charge in [-0.05, 0) is 30.7 Å². The van der Waals surface area contributed by atoms with Crippen molar-refractivity contribution >= 4 is 11.2 Å². The van der Waals surface area contributed by atoms with E-state index >= 15 is 0 Å². The molecule has 2 aromatic heterocycles. The zero-order valence-corrected chi connectivity index (χ0v) is 13.1. The highest BCUT2D eigenvalue weighted by Gasteiger charge is 2.30. The van der Waals surface area contributed by atoms with Gasteiger partial charge in [0.15, 0.2) is 11.2 Å². The summed E-state index contributed by atoms with van der Waals surface area (Å²) in [7, 11) is 0. The molecule has 1 aromatic carbocycles. The molecule has 0 saturated heterocycles. The highest BCUT2D eigenvalue weighted by atomic mass is 19.4. The third-order valence-corrected chi connectivity index (χ3v) is 3.54. The van der Waals surface area contributed by atoms with Crippen molar-refractivity contribution in [3.63, 3.8) is 0 Å². The highest BCUT2D eigenvalue weighted by Crippen LogP contribution is 2.31. The van der Waals surface area contributed by atoms with Gasteiger partial charge in [-0.3, -0.25) is 19.3 Å². The van der Waals surface area contributed by atoms with E-state index in [0.29, 0.717) is 0 Å². The zero-order chi connectivity index (χ0) is 18.9. The Hall–Kier alpha value is -3.08. The fraction of sp³-hybridized carbons (Fsp3) is 0.267. The van der Waals surface area contributed by atoms with Crippen molar-refractivity contribution < 1.29 is 23.0 Å². The maximum absolute atomic E-state index is 12.6. The van der Waals surface area contributed by atoms with Crippen LogP contribution in [0.4, 0.5) is 13.2 Å². The van der Waals surface area contributed by atoms with Gasteiger partial charge >= 0.3 is 17.9 Å². The Kier molecular flexibility index (Phi) is 4.55. The van der Waals surface area contributed by atoms with Crippen LogP contribution in [0.25, 0.3) is 11.2 Å². The van der Waals surface area contributed by atoms with Gasteiger partial charge in [0.1, 0.15) is 5.75 Å². The number of benzene rings is 1. The van der Waals surface area contributed by atoms with Crippen LogP contribution in [-0.4, -0.2) is 31.2 Å². The number of hydrogen-bond donors (Lipinski definition) is 3. The summed E-state index contributed by atoms with van der Waals surface area (Å²) < 4.78 is 44.7. The number of aromatic amines is 2. The van der Waals surface area contributed by atoms with Gasteiger partial charge in [0, 0.05) is 13.2 Å². The number of aliphatic hydroxyl groups is 1. The van der Waals surface area contributed by atoms with Crippen LogP contribution in [0.3, 0.4) is 0 Å². The van der Waals surface area contributed by atoms with Crippen LogP contribution in [0.2, 0.25) is 0 Å². The van der Waals surface area contributed by atoms with Crippen molar-refractivity contribution in [1.82, 2.24) is 19.5 Å². The van der Waals surface area contributed by atoms with Crippen LogP contribution in [-0.2, 0) is 12.7 Å². The lowest BCUT2D eigenvalue weighted by atomic mass is 10.2. The Bertz CT molecular complexity index is 1030. The smallest absolute Gasteiger partial charge is 0.416 e. The molecule has 0 atom stereocenters. The second-order valence-electron chi connectivity index (χ2n) is 5.35. The number of halogens is 3. The molecule has 0 aliphatic rings. The van der Waals surface area contributed by atoms with E-state index in [1.807, 2.05) is 0 Å². The van der Waals surface area contributed by atoms with Gasteiger partial charge in [-0.1, -0.05) is 0 Å². The Morgan fingerprint density at radius 3 is 2.46 bits per heavy atom. The van der Waals surface area contributed by atoms with Gasteiger partial charge in [-0.2, -0.15) is 18.2 Å². The quantitative estimate of drug-likeness (QED) is 0.632. The van der Waals surface area contributed by atoms with Gasteiger partial charge in [0.25, 0.3) is 5.56 Å². The molecule has 0 radical (unpaired) electrons. The first kappa shape index (κ1) is 17.7. The number of rotatable bonds is 5. The first-order valence-corrected chi connectivity index (χ1v) is 7.48. The minimum absolute atomic E-state index is 0.0277. The van der Waals surface area contributed by atoms with Crippen LogP contribution in [0.15, 0.2) is 33.9 Å². The molecule has 0 unspecified atom stereocenters. The van der Waals surface area contributed by atoms with Crippen LogP contribution < -0.4 is 16.0 Å².